The van der Waals surface area contributed by atoms with Crippen LogP contribution in [0.3, 0.4) is 0 Å². The second-order valence-electron chi connectivity index (χ2n) is 3.86. The van der Waals surface area contributed by atoms with E-state index in [0.29, 0.717) is 6.54 Å². The summed E-state index contributed by atoms with van der Waals surface area (Å²) in [4.78, 5) is 1.12. The van der Waals surface area contributed by atoms with Crippen molar-refractivity contribution in [1.82, 2.24) is 0 Å². The van der Waals surface area contributed by atoms with Gasteiger partial charge in [-0.1, -0.05) is 30.3 Å². The van der Waals surface area contributed by atoms with Gasteiger partial charge in [-0.2, -0.15) is 0 Å². The summed E-state index contributed by atoms with van der Waals surface area (Å²) in [6, 6.07) is 14.4. The van der Waals surface area contributed by atoms with E-state index in [-0.39, 0.29) is 0 Å². The van der Waals surface area contributed by atoms with Crippen molar-refractivity contribution in [3.05, 3.63) is 48.0 Å². The molecule has 0 saturated heterocycles. The molecular formula is C14H16N2S. The molecule has 0 bridgehead atoms. The molecule has 0 spiro atoms. The maximum absolute atomic E-state index is 5.89. The second kappa shape index (κ2) is 5.25. The highest BCUT2D eigenvalue weighted by atomic mass is 32.2. The van der Waals surface area contributed by atoms with Gasteiger partial charge in [0, 0.05) is 17.1 Å². The van der Waals surface area contributed by atoms with Crippen LogP contribution in [0.4, 0.5) is 5.69 Å². The average Bonchev–Trinajstić information content (AvgIpc) is 2.39. The summed E-state index contributed by atoms with van der Waals surface area (Å²) in [5.74, 6) is 0. The van der Waals surface area contributed by atoms with Crippen molar-refractivity contribution < 1.29 is 0 Å². The highest BCUT2D eigenvalue weighted by Crippen LogP contribution is 2.29. The third-order valence-electron chi connectivity index (χ3n) is 2.76. The molecule has 0 unspecified atom stereocenters. The fraction of sp³-hybridized carbons (Fsp3) is 0.143. The van der Waals surface area contributed by atoms with Crippen LogP contribution in [0.5, 0.6) is 0 Å². The normalized spacial score (nSPS) is 10.5. The van der Waals surface area contributed by atoms with Crippen molar-refractivity contribution in [3.63, 3.8) is 0 Å². The van der Waals surface area contributed by atoms with Gasteiger partial charge < -0.3 is 11.5 Å². The summed E-state index contributed by atoms with van der Waals surface area (Å²) < 4.78 is 0. The Morgan fingerprint density at radius 3 is 2.24 bits per heavy atom. The molecule has 0 aliphatic carbocycles. The maximum Gasteiger partial charge on any atom is 0.0452 e. The van der Waals surface area contributed by atoms with Gasteiger partial charge in [0.15, 0.2) is 0 Å². The summed E-state index contributed by atoms with van der Waals surface area (Å²) in [6.07, 6.45) is 2.03. The third-order valence-corrected chi connectivity index (χ3v) is 3.55. The number of rotatable bonds is 3. The zero-order chi connectivity index (χ0) is 12.3. The molecule has 0 atom stereocenters. The lowest BCUT2D eigenvalue weighted by Crippen LogP contribution is -1.95. The molecule has 0 aromatic heterocycles. The van der Waals surface area contributed by atoms with E-state index in [1.54, 1.807) is 11.8 Å². The monoisotopic (exact) mass is 244 g/mol. The molecule has 3 heteroatoms. The van der Waals surface area contributed by atoms with Crippen LogP contribution in [0.1, 0.15) is 5.56 Å². The van der Waals surface area contributed by atoms with Gasteiger partial charge in [-0.3, -0.25) is 0 Å². The van der Waals surface area contributed by atoms with Crippen molar-refractivity contribution in [2.45, 2.75) is 11.4 Å². The van der Waals surface area contributed by atoms with Crippen molar-refractivity contribution >= 4 is 17.4 Å². The third kappa shape index (κ3) is 2.62. The van der Waals surface area contributed by atoms with E-state index in [2.05, 4.69) is 30.3 Å². The Bertz CT molecular complexity index is 506. The summed E-state index contributed by atoms with van der Waals surface area (Å²) >= 11 is 1.67. The van der Waals surface area contributed by atoms with E-state index < -0.39 is 0 Å². The SMILES string of the molecule is CSc1cc(-c2ccc(CN)cc2)ccc1N. The fourth-order valence-electron chi connectivity index (χ4n) is 1.72. The first-order valence-corrected chi connectivity index (χ1v) is 6.70. The number of anilines is 1. The van der Waals surface area contributed by atoms with E-state index in [9.17, 15) is 0 Å². The van der Waals surface area contributed by atoms with Crippen LogP contribution in [0.15, 0.2) is 47.4 Å². The topological polar surface area (TPSA) is 52.0 Å². The number of thioether (sulfide) groups is 1. The molecule has 0 saturated carbocycles. The standard InChI is InChI=1S/C14H16N2S/c1-17-14-8-12(6-7-13(14)16)11-4-2-10(9-15)3-5-11/h2-8H,9,15-16H2,1H3. The van der Waals surface area contributed by atoms with Gasteiger partial charge in [0.05, 0.1) is 0 Å². The highest BCUT2D eigenvalue weighted by molar-refractivity contribution is 7.98. The smallest absolute Gasteiger partial charge is 0.0452 e. The van der Waals surface area contributed by atoms with E-state index in [4.69, 9.17) is 11.5 Å². The minimum absolute atomic E-state index is 0.581. The van der Waals surface area contributed by atoms with Gasteiger partial charge >= 0.3 is 0 Å². The lowest BCUT2D eigenvalue weighted by atomic mass is 10.0. The van der Waals surface area contributed by atoms with Crippen LogP contribution in [-0.2, 0) is 6.54 Å². The highest BCUT2D eigenvalue weighted by Gasteiger charge is 2.02. The Balaban J connectivity index is 2.38. The Labute approximate surface area is 106 Å². The molecule has 0 radical (unpaired) electrons. The molecule has 0 aliphatic heterocycles. The summed E-state index contributed by atoms with van der Waals surface area (Å²) in [5.41, 5.74) is 15.8. The minimum Gasteiger partial charge on any atom is -0.398 e. The van der Waals surface area contributed by atoms with E-state index in [1.165, 1.54) is 11.1 Å². The first kappa shape index (κ1) is 12.0. The molecule has 0 heterocycles. The van der Waals surface area contributed by atoms with E-state index in [1.807, 2.05) is 18.4 Å². The Kier molecular flexibility index (Phi) is 3.71. The molecule has 0 aliphatic rings. The first-order valence-electron chi connectivity index (χ1n) is 5.47. The van der Waals surface area contributed by atoms with Crippen molar-refractivity contribution in [2.24, 2.45) is 5.73 Å². The van der Waals surface area contributed by atoms with Gasteiger partial charge in [-0.05, 0) is 35.1 Å². The number of hydrogen-bond acceptors (Lipinski definition) is 3. The zero-order valence-corrected chi connectivity index (χ0v) is 10.6. The van der Waals surface area contributed by atoms with E-state index in [0.717, 1.165) is 16.1 Å². The molecule has 2 aromatic carbocycles. The Morgan fingerprint density at radius 1 is 1.00 bits per heavy atom. The van der Waals surface area contributed by atoms with E-state index >= 15 is 0 Å². The van der Waals surface area contributed by atoms with Crippen LogP contribution in [0.25, 0.3) is 11.1 Å². The predicted octanol–water partition coefficient (Wildman–Crippen LogP) is 3.12. The maximum atomic E-state index is 5.89. The lowest BCUT2D eigenvalue weighted by molar-refractivity contribution is 1.07. The average molecular weight is 244 g/mol. The molecule has 2 nitrogen and oxygen atoms in total. The number of benzene rings is 2. The van der Waals surface area contributed by atoms with Gasteiger partial charge in [0.2, 0.25) is 0 Å². The Hall–Kier alpha value is -1.45. The molecule has 0 fully saturated rings. The van der Waals surface area contributed by atoms with Gasteiger partial charge in [-0.25, -0.2) is 0 Å². The van der Waals surface area contributed by atoms with Crippen molar-refractivity contribution in [2.75, 3.05) is 12.0 Å². The fourth-order valence-corrected chi connectivity index (χ4v) is 2.27. The van der Waals surface area contributed by atoms with Crippen LogP contribution in [-0.4, -0.2) is 6.26 Å². The molecule has 0 amide bonds. The summed E-state index contributed by atoms with van der Waals surface area (Å²) in [5, 5.41) is 0. The lowest BCUT2D eigenvalue weighted by Gasteiger charge is -2.07. The zero-order valence-electron chi connectivity index (χ0n) is 9.81. The minimum atomic E-state index is 0.581. The predicted molar refractivity (Wildman–Crippen MR) is 76.0 cm³/mol. The largest absolute Gasteiger partial charge is 0.398 e. The number of nitrogens with two attached hydrogens (primary N) is 2. The second-order valence-corrected chi connectivity index (χ2v) is 4.71. The van der Waals surface area contributed by atoms with Crippen LogP contribution in [0, 0.1) is 0 Å². The number of nitrogen functional groups attached to an aromatic ring is 1. The molecule has 17 heavy (non-hydrogen) atoms. The van der Waals surface area contributed by atoms with Gasteiger partial charge in [0.25, 0.3) is 0 Å². The molecule has 4 N–H and O–H groups in total. The Morgan fingerprint density at radius 2 is 1.65 bits per heavy atom. The first-order chi connectivity index (χ1) is 8.24. The molecule has 2 rings (SSSR count). The summed E-state index contributed by atoms with van der Waals surface area (Å²) in [7, 11) is 0. The number of hydrogen-bond donors (Lipinski definition) is 2. The van der Waals surface area contributed by atoms with Crippen LogP contribution in [0.2, 0.25) is 0 Å². The van der Waals surface area contributed by atoms with Crippen molar-refractivity contribution in [1.29, 1.82) is 0 Å². The van der Waals surface area contributed by atoms with Gasteiger partial charge in [0.1, 0.15) is 0 Å². The quantitative estimate of drug-likeness (QED) is 0.644. The molecular weight excluding hydrogens is 228 g/mol. The summed E-state index contributed by atoms with van der Waals surface area (Å²) in [6.45, 7) is 0.581. The van der Waals surface area contributed by atoms with Crippen molar-refractivity contribution in [3.8, 4) is 11.1 Å². The molecule has 88 valence electrons. The van der Waals surface area contributed by atoms with Crippen LogP contribution >= 0.6 is 11.8 Å². The van der Waals surface area contributed by atoms with Gasteiger partial charge in [-0.15, -0.1) is 11.8 Å². The molecule has 2 aromatic rings. The van der Waals surface area contributed by atoms with Crippen LogP contribution < -0.4 is 11.5 Å².